The molecule has 2 rings (SSSR count). The van der Waals surface area contributed by atoms with Gasteiger partial charge in [0, 0.05) is 30.3 Å². The summed E-state index contributed by atoms with van der Waals surface area (Å²) >= 11 is 3.37. The van der Waals surface area contributed by atoms with Crippen LogP contribution < -0.4 is 5.32 Å². The molecule has 2 atom stereocenters. The number of piperidine rings is 1. The lowest BCUT2D eigenvalue weighted by Crippen LogP contribution is -2.49. The van der Waals surface area contributed by atoms with Crippen LogP contribution >= 0.6 is 15.9 Å². The lowest BCUT2D eigenvalue weighted by atomic mass is 10.0. The second kappa shape index (κ2) is 5.80. The van der Waals surface area contributed by atoms with Gasteiger partial charge in [-0.25, -0.2) is 0 Å². The van der Waals surface area contributed by atoms with Crippen LogP contribution in [0.1, 0.15) is 31.5 Å². The highest BCUT2D eigenvalue weighted by atomic mass is 79.9. The van der Waals surface area contributed by atoms with Crippen molar-refractivity contribution in [1.82, 2.24) is 15.2 Å². The van der Waals surface area contributed by atoms with Crippen molar-refractivity contribution in [3.8, 4) is 0 Å². The summed E-state index contributed by atoms with van der Waals surface area (Å²) in [5.74, 6) is 0.185. The minimum absolute atomic E-state index is 0.0794. The van der Waals surface area contributed by atoms with E-state index in [1.54, 1.807) is 11.1 Å². The number of carbonyl (C=O) groups is 1. The van der Waals surface area contributed by atoms with E-state index in [2.05, 4.69) is 26.2 Å². The average molecular weight is 312 g/mol. The fourth-order valence-electron chi connectivity index (χ4n) is 2.22. The molecule has 1 aliphatic rings. The molecule has 0 bridgehead atoms. The fourth-order valence-corrected chi connectivity index (χ4v) is 2.45. The molecule has 0 radical (unpaired) electrons. The Morgan fingerprint density at radius 3 is 3.00 bits per heavy atom. The van der Waals surface area contributed by atoms with Gasteiger partial charge in [-0.1, -0.05) is 0 Å². The maximum atomic E-state index is 12.0. The number of hydrogen-bond acceptors (Lipinski definition) is 3. The third-order valence-corrected chi connectivity index (χ3v) is 3.77. The van der Waals surface area contributed by atoms with E-state index in [1.807, 2.05) is 26.1 Å². The highest BCUT2D eigenvalue weighted by molar-refractivity contribution is 9.10. The third-order valence-electron chi connectivity index (χ3n) is 3.31. The van der Waals surface area contributed by atoms with Gasteiger partial charge in [-0.15, -0.1) is 0 Å². The minimum atomic E-state index is -0.0794. The standard InChI is InChI=1S/C13H18BrN3O/c1-9(11-6-5-10(14)8-15-11)16-12-4-3-7-17(2)13(12)18/h5-6,8-9,12,16H,3-4,7H2,1-2H3. The molecule has 18 heavy (non-hydrogen) atoms. The van der Waals surface area contributed by atoms with Crippen LogP contribution in [-0.4, -0.2) is 35.4 Å². The minimum Gasteiger partial charge on any atom is -0.344 e. The first-order valence-corrected chi connectivity index (χ1v) is 6.99. The number of carbonyl (C=O) groups excluding carboxylic acids is 1. The number of nitrogens with zero attached hydrogens (tertiary/aromatic N) is 2. The Morgan fingerprint density at radius 1 is 1.56 bits per heavy atom. The van der Waals surface area contributed by atoms with Gasteiger partial charge < -0.3 is 4.90 Å². The number of nitrogens with one attached hydrogen (secondary N) is 1. The molecule has 1 aliphatic heterocycles. The summed E-state index contributed by atoms with van der Waals surface area (Å²) in [7, 11) is 1.86. The molecule has 5 heteroatoms. The molecule has 2 unspecified atom stereocenters. The first kappa shape index (κ1) is 13.5. The largest absolute Gasteiger partial charge is 0.344 e. The van der Waals surface area contributed by atoms with Crippen molar-refractivity contribution in [2.75, 3.05) is 13.6 Å². The van der Waals surface area contributed by atoms with Gasteiger partial charge >= 0.3 is 0 Å². The first-order valence-electron chi connectivity index (χ1n) is 6.20. The van der Waals surface area contributed by atoms with Gasteiger partial charge in [0.25, 0.3) is 0 Å². The third kappa shape index (κ3) is 3.09. The van der Waals surface area contributed by atoms with Crippen LogP contribution in [0.15, 0.2) is 22.8 Å². The number of halogens is 1. The molecule has 1 aromatic rings. The van der Waals surface area contributed by atoms with Crippen LogP contribution in [-0.2, 0) is 4.79 Å². The Balaban J connectivity index is 2.00. The summed E-state index contributed by atoms with van der Waals surface area (Å²) in [4.78, 5) is 18.1. The van der Waals surface area contributed by atoms with E-state index in [9.17, 15) is 4.79 Å². The number of amides is 1. The molecule has 1 fully saturated rings. The van der Waals surface area contributed by atoms with E-state index in [0.29, 0.717) is 0 Å². The van der Waals surface area contributed by atoms with Crippen molar-refractivity contribution in [3.63, 3.8) is 0 Å². The first-order chi connectivity index (χ1) is 8.58. The molecule has 98 valence electrons. The SMILES string of the molecule is CC(NC1CCCN(C)C1=O)c1ccc(Br)cn1. The van der Waals surface area contributed by atoms with E-state index < -0.39 is 0 Å². The predicted octanol–water partition coefficient (Wildman–Crippen LogP) is 2.12. The fraction of sp³-hybridized carbons (Fsp3) is 0.538. The Kier molecular flexibility index (Phi) is 4.35. The number of rotatable bonds is 3. The molecule has 1 amide bonds. The van der Waals surface area contributed by atoms with Gasteiger partial charge in [0.15, 0.2) is 0 Å². The molecule has 4 nitrogen and oxygen atoms in total. The maximum absolute atomic E-state index is 12.0. The topological polar surface area (TPSA) is 45.2 Å². The lowest BCUT2D eigenvalue weighted by molar-refractivity contribution is -0.134. The molecule has 1 N–H and O–H groups in total. The molecule has 0 aromatic carbocycles. The van der Waals surface area contributed by atoms with Gasteiger partial charge in [0.05, 0.1) is 11.7 Å². The molecule has 2 heterocycles. The Morgan fingerprint density at radius 2 is 2.33 bits per heavy atom. The zero-order valence-corrected chi connectivity index (χ0v) is 12.3. The quantitative estimate of drug-likeness (QED) is 0.930. The zero-order valence-electron chi connectivity index (χ0n) is 10.7. The highest BCUT2D eigenvalue weighted by Gasteiger charge is 2.27. The average Bonchev–Trinajstić information content (AvgIpc) is 2.36. The second-order valence-electron chi connectivity index (χ2n) is 4.74. The molecule has 1 saturated heterocycles. The molecule has 0 aliphatic carbocycles. The summed E-state index contributed by atoms with van der Waals surface area (Å²) in [5, 5.41) is 3.37. The molecular weight excluding hydrogens is 294 g/mol. The number of likely N-dealkylation sites (tertiary alicyclic amines) is 1. The highest BCUT2D eigenvalue weighted by Crippen LogP contribution is 2.17. The maximum Gasteiger partial charge on any atom is 0.239 e. The van der Waals surface area contributed by atoms with Gasteiger partial charge in [-0.3, -0.25) is 15.1 Å². The molecule has 0 spiro atoms. The number of aromatic nitrogens is 1. The van der Waals surface area contributed by atoms with Crippen molar-refractivity contribution in [3.05, 3.63) is 28.5 Å². The van der Waals surface area contributed by atoms with Crippen LogP contribution in [0, 0.1) is 0 Å². The van der Waals surface area contributed by atoms with Gasteiger partial charge in [0.1, 0.15) is 0 Å². The van der Waals surface area contributed by atoms with Crippen LogP contribution in [0.3, 0.4) is 0 Å². The predicted molar refractivity (Wildman–Crippen MR) is 74.1 cm³/mol. The van der Waals surface area contributed by atoms with Crippen LogP contribution in [0.5, 0.6) is 0 Å². The van der Waals surface area contributed by atoms with Crippen molar-refractivity contribution in [2.45, 2.75) is 31.8 Å². The van der Waals surface area contributed by atoms with Gasteiger partial charge in [-0.05, 0) is 47.8 Å². The van der Waals surface area contributed by atoms with E-state index in [4.69, 9.17) is 0 Å². The summed E-state index contributed by atoms with van der Waals surface area (Å²) in [6.45, 7) is 2.90. The van der Waals surface area contributed by atoms with E-state index in [1.165, 1.54) is 0 Å². The van der Waals surface area contributed by atoms with Gasteiger partial charge in [0.2, 0.25) is 5.91 Å². The molecular formula is C13H18BrN3O. The Bertz CT molecular complexity index is 421. The normalized spacial score (nSPS) is 22.1. The van der Waals surface area contributed by atoms with E-state index in [0.717, 1.165) is 29.6 Å². The smallest absolute Gasteiger partial charge is 0.239 e. The zero-order chi connectivity index (χ0) is 13.1. The number of hydrogen-bond donors (Lipinski definition) is 1. The van der Waals surface area contributed by atoms with E-state index >= 15 is 0 Å². The van der Waals surface area contributed by atoms with E-state index in [-0.39, 0.29) is 18.0 Å². The Labute approximate surface area is 116 Å². The second-order valence-corrected chi connectivity index (χ2v) is 5.66. The van der Waals surface area contributed by atoms with Crippen LogP contribution in [0.25, 0.3) is 0 Å². The molecule has 0 saturated carbocycles. The van der Waals surface area contributed by atoms with Crippen molar-refractivity contribution in [2.24, 2.45) is 0 Å². The van der Waals surface area contributed by atoms with Crippen molar-refractivity contribution >= 4 is 21.8 Å². The van der Waals surface area contributed by atoms with Crippen molar-refractivity contribution in [1.29, 1.82) is 0 Å². The summed E-state index contributed by atoms with van der Waals surface area (Å²) in [6, 6.07) is 3.94. The van der Waals surface area contributed by atoms with Gasteiger partial charge in [-0.2, -0.15) is 0 Å². The molecule has 1 aromatic heterocycles. The summed E-state index contributed by atoms with van der Waals surface area (Å²) in [6.07, 6.45) is 3.74. The summed E-state index contributed by atoms with van der Waals surface area (Å²) < 4.78 is 0.965. The lowest BCUT2D eigenvalue weighted by Gasteiger charge is -2.31. The van der Waals surface area contributed by atoms with Crippen LogP contribution in [0.4, 0.5) is 0 Å². The van der Waals surface area contributed by atoms with Crippen molar-refractivity contribution < 1.29 is 4.79 Å². The Hall–Kier alpha value is -0.940. The number of likely N-dealkylation sites (N-methyl/N-ethyl adjacent to an activating group) is 1. The number of pyridine rings is 1. The summed E-state index contributed by atoms with van der Waals surface area (Å²) in [5.41, 5.74) is 0.958. The van der Waals surface area contributed by atoms with Crippen LogP contribution in [0.2, 0.25) is 0 Å². The monoisotopic (exact) mass is 311 g/mol.